The highest BCUT2D eigenvalue weighted by atomic mass is 79.9. The van der Waals surface area contributed by atoms with Crippen molar-refractivity contribution in [2.75, 3.05) is 11.9 Å². The molecule has 1 aromatic carbocycles. The highest BCUT2D eigenvalue weighted by Crippen LogP contribution is 2.29. The topological polar surface area (TPSA) is 3.24 Å². The van der Waals surface area contributed by atoms with E-state index in [4.69, 9.17) is 0 Å². The zero-order valence-corrected chi connectivity index (χ0v) is 11.9. The summed E-state index contributed by atoms with van der Waals surface area (Å²) in [5.41, 5.74) is 2.16. The molecule has 0 saturated heterocycles. The van der Waals surface area contributed by atoms with Crippen molar-refractivity contribution in [3.8, 4) is 0 Å². The molecule has 0 unspecified atom stereocenters. The largest absolute Gasteiger partial charge is 0.369 e. The third kappa shape index (κ3) is 2.76. The Morgan fingerprint density at radius 3 is 2.50 bits per heavy atom. The van der Waals surface area contributed by atoms with Gasteiger partial charge in [-0.25, -0.2) is 4.39 Å². The molecular formula is C13H19BrFN. The number of benzene rings is 1. The molecule has 0 fully saturated rings. The van der Waals surface area contributed by atoms with E-state index >= 15 is 0 Å². The van der Waals surface area contributed by atoms with Gasteiger partial charge >= 0.3 is 0 Å². The molecule has 0 aromatic heterocycles. The first-order valence-electron chi connectivity index (χ1n) is 5.50. The molecule has 0 amide bonds. The number of anilines is 1. The highest BCUT2D eigenvalue weighted by molar-refractivity contribution is 9.08. The second kappa shape index (κ2) is 5.17. The van der Waals surface area contributed by atoms with Gasteiger partial charge in [-0.1, -0.05) is 22.9 Å². The summed E-state index contributed by atoms with van der Waals surface area (Å²) in [5.74, 6) is -0.180. The molecule has 0 heterocycles. The molecule has 0 radical (unpaired) electrons. The molecule has 0 N–H and O–H groups in total. The van der Waals surface area contributed by atoms with Crippen LogP contribution in [0.3, 0.4) is 0 Å². The number of nitrogens with zero attached hydrogens (tertiary/aromatic N) is 1. The van der Waals surface area contributed by atoms with Gasteiger partial charge in [-0.05, 0) is 44.0 Å². The van der Waals surface area contributed by atoms with Gasteiger partial charge < -0.3 is 4.90 Å². The molecule has 90 valence electrons. The molecule has 1 aromatic rings. The van der Waals surface area contributed by atoms with Crippen LogP contribution in [0.2, 0.25) is 0 Å². The Hall–Kier alpha value is -0.570. The Morgan fingerprint density at radius 2 is 2.00 bits per heavy atom. The summed E-state index contributed by atoms with van der Waals surface area (Å²) in [4.78, 5) is 2.21. The third-order valence-electron chi connectivity index (χ3n) is 3.32. The van der Waals surface area contributed by atoms with Crippen molar-refractivity contribution in [3.05, 3.63) is 29.6 Å². The van der Waals surface area contributed by atoms with Gasteiger partial charge in [0.2, 0.25) is 0 Å². The van der Waals surface area contributed by atoms with Crippen LogP contribution in [0.1, 0.15) is 32.8 Å². The normalized spacial score (nSPS) is 11.6. The van der Waals surface area contributed by atoms with Gasteiger partial charge in [0, 0.05) is 23.6 Å². The van der Waals surface area contributed by atoms with Gasteiger partial charge in [-0.3, -0.25) is 0 Å². The van der Waals surface area contributed by atoms with Crippen molar-refractivity contribution in [3.63, 3.8) is 0 Å². The van der Waals surface area contributed by atoms with E-state index in [1.165, 1.54) is 6.07 Å². The van der Waals surface area contributed by atoms with E-state index < -0.39 is 0 Å². The van der Waals surface area contributed by atoms with Crippen molar-refractivity contribution in [2.45, 2.75) is 38.1 Å². The van der Waals surface area contributed by atoms with E-state index in [-0.39, 0.29) is 11.4 Å². The Morgan fingerprint density at radius 1 is 1.38 bits per heavy atom. The average molecular weight is 288 g/mol. The first kappa shape index (κ1) is 13.5. The van der Waals surface area contributed by atoms with Crippen LogP contribution in [0.25, 0.3) is 0 Å². The van der Waals surface area contributed by atoms with Gasteiger partial charge in [-0.2, -0.15) is 0 Å². The molecule has 16 heavy (non-hydrogen) atoms. The van der Waals surface area contributed by atoms with Gasteiger partial charge in [0.1, 0.15) is 5.82 Å². The van der Waals surface area contributed by atoms with Crippen molar-refractivity contribution >= 4 is 21.6 Å². The lowest BCUT2D eigenvalue weighted by atomic mass is 9.98. The van der Waals surface area contributed by atoms with Crippen LogP contribution in [0.15, 0.2) is 18.2 Å². The summed E-state index contributed by atoms with van der Waals surface area (Å²) in [6, 6.07) is 4.96. The van der Waals surface area contributed by atoms with Crippen molar-refractivity contribution in [1.82, 2.24) is 0 Å². The summed E-state index contributed by atoms with van der Waals surface area (Å²) >= 11 is 3.41. The van der Waals surface area contributed by atoms with Crippen LogP contribution < -0.4 is 4.90 Å². The van der Waals surface area contributed by atoms with Crippen LogP contribution in [0.5, 0.6) is 0 Å². The van der Waals surface area contributed by atoms with Gasteiger partial charge in [-0.15, -0.1) is 0 Å². The van der Waals surface area contributed by atoms with E-state index in [0.29, 0.717) is 5.33 Å². The number of rotatable bonds is 4. The fourth-order valence-electron chi connectivity index (χ4n) is 1.55. The first-order valence-corrected chi connectivity index (χ1v) is 6.62. The summed E-state index contributed by atoms with van der Waals surface area (Å²) in [5, 5.41) is 0.671. The van der Waals surface area contributed by atoms with Crippen LogP contribution in [0, 0.1) is 5.82 Å². The van der Waals surface area contributed by atoms with Crippen LogP contribution in [0.4, 0.5) is 10.1 Å². The van der Waals surface area contributed by atoms with Gasteiger partial charge in [0.05, 0.1) is 0 Å². The lowest BCUT2D eigenvalue weighted by molar-refractivity contribution is 0.469. The fourth-order valence-corrected chi connectivity index (χ4v) is 2.00. The molecule has 0 saturated carbocycles. The van der Waals surface area contributed by atoms with E-state index in [0.717, 1.165) is 17.7 Å². The summed E-state index contributed by atoms with van der Waals surface area (Å²) in [6.45, 7) is 6.54. The lowest BCUT2D eigenvalue weighted by Crippen LogP contribution is -2.41. The number of alkyl halides is 1. The SMILES string of the molecule is CCC(C)(C)N(C)c1ccc(F)cc1CBr. The highest BCUT2D eigenvalue weighted by Gasteiger charge is 2.23. The molecule has 0 aliphatic carbocycles. The number of halogens is 2. The Kier molecular flexibility index (Phi) is 4.36. The molecule has 1 nitrogen and oxygen atoms in total. The predicted molar refractivity (Wildman–Crippen MR) is 71.8 cm³/mol. The second-order valence-electron chi connectivity index (χ2n) is 4.63. The Balaban J connectivity index is 3.13. The molecule has 0 aliphatic rings. The van der Waals surface area contributed by atoms with E-state index in [1.54, 1.807) is 6.07 Å². The standard InChI is InChI=1S/C13H19BrFN/c1-5-13(2,3)16(4)12-7-6-11(15)8-10(12)9-14/h6-8H,5,9H2,1-4H3. The van der Waals surface area contributed by atoms with Crippen molar-refractivity contribution < 1.29 is 4.39 Å². The Bertz CT molecular complexity index is 363. The summed E-state index contributed by atoms with van der Waals surface area (Å²) in [6.07, 6.45) is 1.04. The van der Waals surface area contributed by atoms with Crippen molar-refractivity contribution in [1.29, 1.82) is 0 Å². The first-order chi connectivity index (χ1) is 7.42. The summed E-state index contributed by atoms with van der Waals surface area (Å²) in [7, 11) is 2.06. The lowest BCUT2D eigenvalue weighted by Gasteiger charge is -2.37. The minimum atomic E-state index is -0.180. The molecule has 3 heteroatoms. The molecule has 0 spiro atoms. The molecular weight excluding hydrogens is 269 g/mol. The quantitative estimate of drug-likeness (QED) is 0.745. The zero-order valence-electron chi connectivity index (χ0n) is 10.3. The maximum Gasteiger partial charge on any atom is 0.123 e. The molecule has 1 rings (SSSR count). The predicted octanol–water partition coefficient (Wildman–Crippen LogP) is 4.35. The van der Waals surface area contributed by atoms with Crippen molar-refractivity contribution in [2.24, 2.45) is 0 Å². The monoisotopic (exact) mass is 287 g/mol. The van der Waals surface area contributed by atoms with Gasteiger partial charge in [0.25, 0.3) is 0 Å². The fraction of sp³-hybridized carbons (Fsp3) is 0.538. The zero-order chi connectivity index (χ0) is 12.3. The second-order valence-corrected chi connectivity index (χ2v) is 5.19. The smallest absolute Gasteiger partial charge is 0.123 e. The maximum absolute atomic E-state index is 13.1. The molecule has 0 bridgehead atoms. The van der Waals surface area contributed by atoms with Crippen LogP contribution in [-0.4, -0.2) is 12.6 Å². The van der Waals surface area contributed by atoms with E-state index in [9.17, 15) is 4.39 Å². The molecule has 0 atom stereocenters. The van der Waals surface area contributed by atoms with E-state index in [1.807, 2.05) is 6.07 Å². The van der Waals surface area contributed by atoms with E-state index in [2.05, 4.69) is 48.6 Å². The average Bonchev–Trinajstić information content (AvgIpc) is 2.27. The minimum Gasteiger partial charge on any atom is -0.369 e. The third-order valence-corrected chi connectivity index (χ3v) is 3.92. The number of hydrogen-bond donors (Lipinski definition) is 0. The van der Waals surface area contributed by atoms with Gasteiger partial charge in [0.15, 0.2) is 0 Å². The Labute approximate surface area is 106 Å². The molecule has 0 aliphatic heterocycles. The minimum absolute atomic E-state index is 0.0781. The van der Waals surface area contributed by atoms with Crippen LogP contribution >= 0.6 is 15.9 Å². The number of hydrogen-bond acceptors (Lipinski definition) is 1. The maximum atomic E-state index is 13.1. The van der Waals surface area contributed by atoms with Crippen LogP contribution in [-0.2, 0) is 5.33 Å². The summed E-state index contributed by atoms with van der Waals surface area (Å²) < 4.78 is 13.1.